The van der Waals surface area contributed by atoms with Gasteiger partial charge in [-0.3, -0.25) is 9.69 Å². The molecule has 0 aromatic carbocycles. The Bertz CT molecular complexity index is 282. The third-order valence-electron chi connectivity index (χ3n) is 3.36. The third kappa shape index (κ3) is 2.96. The molecule has 1 aliphatic rings. The second-order valence-corrected chi connectivity index (χ2v) is 4.59. The van der Waals surface area contributed by atoms with Crippen LogP contribution in [-0.4, -0.2) is 48.9 Å². The van der Waals surface area contributed by atoms with Gasteiger partial charge in [0.25, 0.3) is 0 Å². The number of carbonyl (C=O) groups excluding carboxylic acids is 1. The maximum atomic E-state index is 11.7. The fraction of sp³-hybridized carbons (Fsp3) is 0.833. The Labute approximate surface area is 97.8 Å². The second kappa shape index (κ2) is 5.86. The average Bonchev–Trinajstić information content (AvgIpc) is 2.73. The van der Waals surface area contributed by atoms with Crippen LogP contribution in [0.15, 0.2) is 0 Å². The molecule has 16 heavy (non-hydrogen) atoms. The average molecular weight is 223 g/mol. The number of hydrogen-bond acceptors (Lipinski definition) is 3. The van der Waals surface area contributed by atoms with E-state index in [4.69, 9.17) is 5.26 Å². The van der Waals surface area contributed by atoms with E-state index < -0.39 is 0 Å². The molecule has 0 spiro atoms. The first-order chi connectivity index (χ1) is 7.60. The smallest absolute Gasteiger partial charge is 0.236 e. The van der Waals surface area contributed by atoms with Gasteiger partial charge in [-0.05, 0) is 19.4 Å². The summed E-state index contributed by atoms with van der Waals surface area (Å²) in [7, 11) is 3.54. The molecule has 0 saturated heterocycles. The molecule has 0 heterocycles. The highest BCUT2D eigenvalue weighted by molar-refractivity contribution is 5.77. The minimum Gasteiger partial charge on any atom is -0.348 e. The molecule has 1 aliphatic carbocycles. The lowest BCUT2D eigenvalue weighted by molar-refractivity contribution is -0.130. The SMILES string of the molecule is CCN(CC(=O)N(C)C)C1CCCC1C#N. The van der Waals surface area contributed by atoms with Crippen LogP contribution in [0.4, 0.5) is 0 Å². The van der Waals surface area contributed by atoms with Crippen LogP contribution in [0, 0.1) is 17.2 Å². The molecule has 1 rings (SSSR count). The Morgan fingerprint density at radius 1 is 1.44 bits per heavy atom. The van der Waals surface area contributed by atoms with Crippen molar-refractivity contribution in [2.24, 2.45) is 5.92 Å². The van der Waals surface area contributed by atoms with Crippen molar-refractivity contribution in [3.63, 3.8) is 0 Å². The summed E-state index contributed by atoms with van der Waals surface area (Å²) in [6, 6.07) is 2.64. The normalized spacial score (nSPS) is 24.4. The first kappa shape index (κ1) is 13.0. The van der Waals surface area contributed by atoms with Gasteiger partial charge >= 0.3 is 0 Å². The minimum atomic E-state index is 0.106. The molecule has 0 N–H and O–H groups in total. The Hall–Kier alpha value is -1.08. The van der Waals surface area contributed by atoms with Crippen LogP contribution in [0.3, 0.4) is 0 Å². The van der Waals surface area contributed by atoms with Crippen molar-refractivity contribution < 1.29 is 4.79 Å². The van der Waals surface area contributed by atoms with E-state index in [0.29, 0.717) is 6.54 Å². The largest absolute Gasteiger partial charge is 0.348 e. The Morgan fingerprint density at radius 2 is 2.12 bits per heavy atom. The lowest BCUT2D eigenvalue weighted by Crippen LogP contribution is -2.43. The van der Waals surface area contributed by atoms with Gasteiger partial charge in [-0.2, -0.15) is 5.26 Å². The number of hydrogen-bond donors (Lipinski definition) is 0. The number of amides is 1. The number of nitriles is 1. The Morgan fingerprint density at radius 3 is 2.62 bits per heavy atom. The van der Waals surface area contributed by atoms with Crippen LogP contribution < -0.4 is 0 Å². The van der Waals surface area contributed by atoms with Crippen molar-refractivity contribution >= 4 is 5.91 Å². The van der Waals surface area contributed by atoms with E-state index in [-0.39, 0.29) is 17.9 Å². The minimum absolute atomic E-state index is 0.106. The van der Waals surface area contributed by atoms with Gasteiger partial charge in [0, 0.05) is 20.1 Å². The Balaban J connectivity index is 2.60. The summed E-state index contributed by atoms with van der Waals surface area (Å²) >= 11 is 0. The van der Waals surface area contributed by atoms with E-state index in [0.717, 1.165) is 25.8 Å². The molecule has 0 aliphatic heterocycles. The molecular weight excluding hydrogens is 202 g/mol. The van der Waals surface area contributed by atoms with Crippen molar-refractivity contribution in [2.45, 2.75) is 32.2 Å². The van der Waals surface area contributed by atoms with Gasteiger partial charge in [-0.15, -0.1) is 0 Å². The van der Waals surface area contributed by atoms with Crippen LogP contribution in [-0.2, 0) is 4.79 Å². The van der Waals surface area contributed by atoms with Crippen molar-refractivity contribution in [3.05, 3.63) is 0 Å². The number of carbonyl (C=O) groups is 1. The Kier molecular flexibility index (Phi) is 4.75. The molecule has 1 amide bonds. The zero-order valence-corrected chi connectivity index (χ0v) is 10.4. The van der Waals surface area contributed by atoms with Crippen molar-refractivity contribution in [3.8, 4) is 6.07 Å². The van der Waals surface area contributed by atoms with Gasteiger partial charge in [0.15, 0.2) is 0 Å². The maximum Gasteiger partial charge on any atom is 0.236 e. The van der Waals surface area contributed by atoms with Crippen LogP contribution in [0.25, 0.3) is 0 Å². The zero-order valence-electron chi connectivity index (χ0n) is 10.4. The quantitative estimate of drug-likeness (QED) is 0.716. The predicted octanol–water partition coefficient (Wildman–Crippen LogP) is 1.09. The molecule has 0 radical (unpaired) electrons. The molecule has 0 aromatic rings. The fourth-order valence-electron chi connectivity index (χ4n) is 2.31. The van der Waals surface area contributed by atoms with Gasteiger partial charge < -0.3 is 4.90 Å². The van der Waals surface area contributed by atoms with Gasteiger partial charge in [-0.1, -0.05) is 13.3 Å². The van der Waals surface area contributed by atoms with Crippen molar-refractivity contribution in [1.29, 1.82) is 5.26 Å². The summed E-state index contributed by atoms with van der Waals surface area (Å²) < 4.78 is 0. The van der Waals surface area contributed by atoms with Crippen LogP contribution in [0.2, 0.25) is 0 Å². The fourth-order valence-corrected chi connectivity index (χ4v) is 2.31. The van der Waals surface area contributed by atoms with Crippen LogP contribution in [0.5, 0.6) is 0 Å². The molecule has 90 valence electrons. The van der Waals surface area contributed by atoms with Crippen molar-refractivity contribution in [1.82, 2.24) is 9.80 Å². The van der Waals surface area contributed by atoms with Gasteiger partial charge in [-0.25, -0.2) is 0 Å². The molecule has 1 fully saturated rings. The second-order valence-electron chi connectivity index (χ2n) is 4.59. The molecule has 4 heteroatoms. The molecule has 2 atom stereocenters. The highest BCUT2D eigenvalue weighted by atomic mass is 16.2. The summed E-state index contributed by atoms with van der Waals surface area (Å²) in [6.07, 6.45) is 3.14. The molecule has 1 saturated carbocycles. The number of likely N-dealkylation sites (N-methyl/N-ethyl adjacent to an activating group) is 2. The third-order valence-corrected chi connectivity index (χ3v) is 3.36. The van der Waals surface area contributed by atoms with E-state index in [2.05, 4.69) is 17.9 Å². The lowest BCUT2D eigenvalue weighted by atomic mass is 10.0. The van der Waals surface area contributed by atoms with Crippen LogP contribution in [0.1, 0.15) is 26.2 Å². The maximum absolute atomic E-state index is 11.7. The first-order valence-corrected chi connectivity index (χ1v) is 5.94. The molecule has 4 nitrogen and oxygen atoms in total. The predicted molar refractivity (Wildman–Crippen MR) is 62.7 cm³/mol. The molecule has 0 bridgehead atoms. The summed E-state index contributed by atoms with van der Waals surface area (Å²) in [5.41, 5.74) is 0. The summed E-state index contributed by atoms with van der Waals surface area (Å²) in [5, 5.41) is 9.05. The lowest BCUT2D eigenvalue weighted by Gasteiger charge is -2.29. The molecule has 2 unspecified atom stereocenters. The standard InChI is InChI=1S/C12H21N3O/c1-4-15(9-12(16)14(2)3)11-7-5-6-10(11)8-13/h10-11H,4-7,9H2,1-3H3. The summed E-state index contributed by atoms with van der Waals surface area (Å²) in [6.45, 7) is 3.32. The number of nitrogens with zero attached hydrogens (tertiary/aromatic N) is 3. The summed E-state index contributed by atoms with van der Waals surface area (Å²) in [5.74, 6) is 0.223. The van der Waals surface area contributed by atoms with E-state index in [1.807, 2.05) is 0 Å². The highest BCUT2D eigenvalue weighted by Crippen LogP contribution is 2.29. The molecule has 0 aromatic heterocycles. The van der Waals surface area contributed by atoms with E-state index in [1.54, 1.807) is 19.0 Å². The summed E-state index contributed by atoms with van der Waals surface area (Å²) in [4.78, 5) is 15.4. The highest BCUT2D eigenvalue weighted by Gasteiger charge is 2.32. The van der Waals surface area contributed by atoms with E-state index in [9.17, 15) is 4.79 Å². The van der Waals surface area contributed by atoms with E-state index in [1.165, 1.54) is 0 Å². The topological polar surface area (TPSA) is 47.3 Å². The van der Waals surface area contributed by atoms with Crippen molar-refractivity contribution in [2.75, 3.05) is 27.2 Å². The van der Waals surface area contributed by atoms with Crippen LogP contribution >= 0.6 is 0 Å². The monoisotopic (exact) mass is 223 g/mol. The van der Waals surface area contributed by atoms with Gasteiger partial charge in [0.1, 0.15) is 0 Å². The van der Waals surface area contributed by atoms with E-state index >= 15 is 0 Å². The first-order valence-electron chi connectivity index (χ1n) is 5.94. The zero-order chi connectivity index (χ0) is 12.1. The van der Waals surface area contributed by atoms with Gasteiger partial charge in [0.05, 0.1) is 18.5 Å². The molecular formula is C12H21N3O. The number of rotatable bonds is 4. The van der Waals surface area contributed by atoms with Gasteiger partial charge in [0.2, 0.25) is 5.91 Å².